The molecule has 0 atom stereocenters. The molecule has 3 aromatic carbocycles. The Hall–Kier alpha value is -3.80. The molecule has 0 saturated carbocycles. The molecule has 212 valence electrons. The number of carbonyl (C=O) groups is 3. The number of methoxy groups -OCH3 is 1. The average molecular weight is 639 g/mol. The number of anilines is 2. The topological polar surface area (TPSA) is 97.4 Å². The van der Waals surface area contributed by atoms with Gasteiger partial charge in [0.15, 0.2) is 11.5 Å². The van der Waals surface area contributed by atoms with Crippen molar-refractivity contribution in [3.8, 4) is 11.5 Å². The Bertz CT molecular complexity index is 1480. The SMILES string of the molecule is COc1cc(/C=C2/SC(=O)N(CC(=O)Nc3ccccc3N3CCOCC3)C2=O)cc(Br)c1OCc1ccccc1. The van der Waals surface area contributed by atoms with Crippen LogP contribution < -0.4 is 19.7 Å². The molecule has 3 aromatic rings. The maximum atomic E-state index is 13.1. The summed E-state index contributed by atoms with van der Waals surface area (Å²) in [4.78, 5) is 42.1. The van der Waals surface area contributed by atoms with Crippen molar-refractivity contribution in [3.63, 3.8) is 0 Å². The molecule has 2 fully saturated rings. The van der Waals surface area contributed by atoms with Crippen molar-refractivity contribution in [2.24, 2.45) is 0 Å². The molecule has 0 spiro atoms. The Kier molecular flexibility index (Phi) is 9.28. The summed E-state index contributed by atoms with van der Waals surface area (Å²) in [6, 6.07) is 20.7. The summed E-state index contributed by atoms with van der Waals surface area (Å²) in [5.41, 5.74) is 3.13. The first-order valence-electron chi connectivity index (χ1n) is 12.9. The molecule has 41 heavy (non-hydrogen) atoms. The lowest BCUT2D eigenvalue weighted by Crippen LogP contribution is -2.38. The van der Waals surface area contributed by atoms with Crippen LogP contribution in [0.4, 0.5) is 16.2 Å². The normalized spacial score (nSPS) is 16.3. The number of imide groups is 1. The minimum atomic E-state index is -0.531. The summed E-state index contributed by atoms with van der Waals surface area (Å²) < 4.78 is 17.6. The molecule has 9 nitrogen and oxygen atoms in total. The van der Waals surface area contributed by atoms with E-state index in [0.717, 1.165) is 27.9 Å². The number of amides is 3. The Morgan fingerprint density at radius 2 is 1.80 bits per heavy atom. The summed E-state index contributed by atoms with van der Waals surface area (Å²) in [5, 5.41) is 2.35. The Morgan fingerprint density at radius 3 is 2.56 bits per heavy atom. The maximum Gasteiger partial charge on any atom is 0.294 e. The van der Waals surface area contributed by atoms with Crippen molar-refractivity contribution in [1.82, 2.24) is 4.90 Å². The zero-order valence-corrected chi connectivity index (χ0v) is 24.7. The largest absolute Gasteiger partial charge is 0.493 e. The number of halogens is 1. The van der Waals surface area contributed by atoms with Gasteiger partial charge in [-0.25, -0.2) is 0 Å². The summed E-state index contributed by atoms with van der Waals surface area (Å²) in [6.45, 7) is 2.60. The number of para-hydroxylation sites is 2. The molecule has 2 heterocycles. The molecule has 3 amide bonds. The van der Waals surface area contributed by atoms with Crippen LogP contribution in [-0.4, -0.2) is 61.9 Å². The van der Waals surface area contributed by atoms with Crippen LogP contribution in [-0.2, 0) is 20.9 Å². The first kappa shape index (κ1) is 28.7. The molecule has 0 unspecified atom stereocenters. The number of thioether (sulfide) groups is 1. The molecule has 0 radical (unpaired) electrons. The first-order chi connectivity index (χ1) is 19.9. The molecule has 5 rings (SSSR count). The van der Waals surface area contributed by atoms with E-state index in [4.69, 9.17) is 14.2 Å². The van der Waals surface area contributed by atoms with Crippen molar-refractivity contribution in [2.45, 2.75) is 6.61 Å². The van der Waals surface area contributed by atoms with E-state index in [9.17, 15) is 14.4 Å². The van der Waals surface area contributed by atoms with Crippen molar-refractivity contribution < 1.29 is 28.6 Å². The number of benzene rings is 3. The third-order valence-corrected chi connectivity index (χ3v) is 7.98. The number of hydrogen-bond donors (Lipinski definition) is 1. The molecule has 2 saturated heterocycles. The lowest BCUT2D eigenvalue weighted by Gasteiger charge is -2.30. The zero-order valence-electron chi connectivity index (χ0n) is 22.3. The van der Waals surface area contributed by atoms with Gasteiger partial charge in [-0.2, -0.15) is 0 Å². The maximum absolute atomic E-state index is 13.1. The fourth-order valence-corrected chi connectivity index (χ4v) is 5.89. The van der Waals surface area contributed by atoms with E-state index in [2.05, 4.69) is 26.1 Å². The fourth-order valence-electron chi connectivity index (χ4n) is 4.47. The predicted molar refractivity (Wildman–Crippen MR) is 162 cm³/mol. The van der Waals surface area contributed by atoms with Crippen molar-refractivity contribution in [2.75, 3.05) is 50.2 Å². The van der Waals surface area contributed by atoms with E-state index in [0.29, 0.717) is 60.1 Å². The number of ether oxygens (including phenoxy) is 3. The van der Waals surface area contributed by atoms with Gasteiger partial charge in [-0.3, -0.25) is 19.3 Å². The van der Waals surface area contributed by atoms with Crippen LogP contribution in [0.25, 0.3) is 6.08 Å². The lowest BCUT2D eigenvalue weighted by atomic mass is 10.1. The second-order valence-corrected chi connectivity index (χ2v) is 11.1. The minimum Gasteiger partial charge on any atom is -0.493 e. The minimum absolute atomic E-state index is 0.212. The quantitative estimate of drug-likeness (QED) is 0.305. The highest BCUT2D eigenvalue weighted by atomic mass is 79.9. The third-order valence-electron chi connectivity index (χ3n) is 6.48. The number of nitrogens with one attached hydrogen (secondary N) is 1. The van der Waals surface area contributed by atoms with Gasteiger partial charge in [0.1, 0.15) is 13.2 Å². The van der Waals surface area contributed by atoms with E-state index in [1.54, 1.807) is 24.3 Å². The molecule has 2 aliphatic rings. The van der Waals surface area contributed by atoms with Crippen LogP contribution in [0, 0.1) is 0 Å². The van der Waals surface area contributed by atoms with E-state index in [-0.39, 0.29) is 4.91 Å². The molecular weight excluding hydrogens is 610 g/mol. The number of hydrogen-bond acceptors (Lipinski definition) is 8. The molecule has 0 aliphatic carbocycles. The highest BCUT2D eigenvalue weighted by molar-refractivity contribution is 9.10. The van der Waals surface area contributed by atoms with Crippen LogP contribution in [0.3, 0.4) is 0 Å². The van der Waals surface area contributed by atoms with Gasteiger partial charge in [-0.15, -0.1) is 0 Å². The molecule has 0 bridgehead atoms. The van der Waals surface area contributed by atoms with Crippen molar-refractivity contribution in [3.05, 3.63) is 87.2 Å². The molecule has 2 aliphatic heterocycles. The summed E-state index contributed by atoms with van der Waals surface area (Å²) in [7, 11) is 1.53. The van der Waals surface area contributed by atoms with Crippen molar-refractivity contribution in [1.29, 1.82) is 0 Å². The van der Waals surface area contributed by atoms with Crippen LogP contribution in [0.2, 0.25) is 0 Å². The number of morpholine rings is 1. The van der Waals surface area contributed by atoms with E-state index >= 15 is 0 Å². The Balaban J connectivity index is 1.27. The second kappa shape index (κ2) is 13.2. The molecule has 0 aromatic heterocycles. The van der Waals surface area contributed by atoms with Gasteiger partial charge < -0.3 is 24.4 Å². The zero-order chi connectivity index (χ0) is 28.8. The van der Waals surface area contributed by atoms with Gasteiger partial charge in [0.2, 0.25) is 5.91 Å². The van der Waals surface area contributed by atoms with E-state index < -0.39 is 23.6 Å². The Labute approximate surface area is 250 Å². The van der Waals surface area contributed by atoms with Crippen LogP contribution in [0.5, 0.6) is 11.5 Å². The van der Waals surface area contributed by atoms with E-state index in [1.807, 2.05) is 48.5 Å². The Morgan fingerprint density at radius 1 is 1.07 bits per heavy atom. The second-order valence-electron chi connectivity index (χ2n) is 9.24. The van der Waals surface area contributed by atoms with Gasteiger partial charge >= 0.3 is 0 Å². The van der Waals surface area contributed by atoms with Crippen LogP contribution in [0.1, 0.15) is 11.1 Å². The highest BCUT2D eigenvalue weighted by Gasteiger charge is 2.36. The van der Waals surface area contributed by atoms with Gasteiger partial charge in [-0.1, -0.05) is 42.5 Å². The third kappa shape index (κ3) is 6.92. The predicted octanol–water partition coefficient (Wildman–Crippen LogP) is 5.55. The summed E-state index contributed by atoms with van der Waals surface area (Å²) in [5.74, 6) is 0.00411. The van der Waals surface area contributed by atoms with Gasteiger partial charge in [0.25, 0.3) is 11.1 Å². The van der Waals surface area contributed by atoms with Gasteiger partial charge in [0.05, 0.1) is 41.1 Å². The first-order valence-corrected chi connectivity index (χ1v) is 14.5. The van der Waals surface area contributed by atoms with Crippen LogP contribution in [0.15, 0.2) is 76.1 Å². The summed E-state index contributed by atoms with van der Waals surface area (Å²) in [6.07, 6.45) is 1.60. The number of rotatable bonds is 9. The average Bonchev–Trinajstić information content (AvgIpc) is 3.24. The highest BCUT2D eigenvalue weighted by Crippen LogP contribution is 2.39. The standard InChI is InChI=1S/C30H28BrN3O6S/c1-38-25-16-21(15-22(31)28(25)40-19-20-7-3-2-4-8-20)17-26-29(36)34(30(37)41-26)18-27(35)32-23-9-5-6-10-24(23)33-11-13-39-14-12-33/h2-10,15-17H,11-14,18-19H2,1H3,(H,32,35)/b26-17+. The number of nitrogens with zero attached hydrogens (tertiary/aromatic N) is 2. The monoisotopic (exact) mass is 637 g/mol. The molecular formula is C30H28BrN3O6S. The summed E-state index contributed by atoms with van der Waals surface area (Å²) >= 11 is 4.32. The van der Waals surface area contributed by atoms with Crippen molar-refractivity contribution >= 4 is 62.2 Å². The van der Waals surface area contributed by atoms with Gasteiger partial charge in [-0.05, 0) is 69.2 Å². The van der Waals surface area contributed by atoms with Gasteiger partial charge in [0, 0.05) is 13.1 Å². The molecule has 11 heteroatoms. The van der Waals surface area contributed by atoms with E-state index in [1.165, 1.54) is 7.11 Å². The lowest BCUT2D eigenvalue weighted by molar-refractivity contribution is -0.127. The smallest absolute Gasteiger partial charge is 0.294 e. The van der Waals surface area contributed by atoms with Crippen LogP contribution >= 0.6 is 27.7 Å². The molecule has 1 N–H and O–H groups in total. The fraction of sp³-hybridized carbons (Fsp3) is 0.233. The number of carbonyl (C=O) groups excluding carboxylic acids is 3.